The summed E-state index contributed by atoms with van der Waals surface area (Å²) in [6.45, 7) is 4.80. The Bertz CT molecular complexity index is 1080. The molecule has 1 aliphatic rings. The Morgan fingerprint density at radius 1 is 1.00 bits per heavy atom. The highest BCUT2D eigenvalue weighted by Gasteiger charge is 2.10. The highest BCUT2D eigenvalue weighted by atomic mass is 35.5. The van der Waals surface area contributed by atoms with Gasteiger partial charge in [-0.15, -0.1) is 0 Å². The number of hydrogen-bond acceptors (Lipinski definition) is 4. The zero-order valence-corrected chi connectivity index (χ0v) is 19.1. The van der Waals surface area contributed by atoms with Gasteiger partial charge in [0.2, 0.25) is 5.91 Å². The molecule has 1 heterocycles. The zero-order chi connectivity index (χ0) is 22.9. The zero-order valence-electron chi connectivity index (χ0n) is 18.4. The molecule has 1 saturated heterocycles. The van der Waals surface area contributed by atoms with Crippen LogP contribution in [-0.2, 0) is 22.7 Å². The van der Waals surface area contributed by atoms with Crippen LogP contribution in [0.4, 0.5) is 5.69 Å². The summed E-state index contributed by atoms with van der Waals surface area (Å²) in [6, 6.07) is 23.2. The number of ether oxygens (including phenoxy) is 2. The van der Waals surface area contributed by atoms with E-state index in [9.17, 15) is 4.79 Å². The molecule has 0 spiro atoms. The normalized spacial score (nSPS) is 14.3. The highest BCUT2D eigenvalue weighted by Crippen LogP contribution is 2.19. The summed E-state index contributed by atoms with van der Waals surface area (Å²) < 4.78 is 11.2. The number of benzene rings is 3. The molecule has 1 aliphatic heterocycles. The van der Waals surface area contributed by atoms with Crippen LogP contribution in [0.5, 0.6) is 5.75 Å². The Morgan fingerprint density at radius 3 is 2.45 bits per heavy atom. The van der Waals surface area contributed by atoms with Gasteiger partial charge in [0.15, 0.2) is 0 Å². The average Bonchev–Trinajstić information content (AvgIpc) is 2.85. The Kier molecular flexibility index (Phi) is 8.14. The Labute approximate surface area is 199 Å². The molecule has 1 N–H and O–H groups in total. The third-order valence-electron chi connectivity index (χ3n) is 5.39. The van der Waals surface area contributed by atoms with E-state index in [4.69, 9.17) is 21.1 Å². The minimum absolute atomic E-state index is 0.171. The number of nitrogens with zero attached hydrogens (tertiary/aromatic N) is 1. The number of hydrogen-bond donors (Lipinski definition) is 1. The van der Waals surface area contributed by atoms with Crippen LogP contribution in [0.2, 0.25) is 5.02 Å². The van der Waals surface area contributed by atoms with Crippen LogP contribution in [0.3, 0.4) is 0 Å². The fraction of sp³-hybridized carbons (Fsp3) is 0.222. The van der Waals surface area contributed by atoms with Crippen LogP contribution >= 0.6 is 11.6 Å². The molecule has 5 nitrogen and oxygen atoms in total. The van der Waals surface area contributed by atoms with Crippen LogP contribution in [0.25, 0.3) is 6.08 Å². The molecule has 4 rings (SSSR count). The Balaban J connectivity index is 1.24. The molecular formula is C27H27ClN2O3. The monoisotopic (exact) mass is 462 g/mol. The Hall–Kier alpha value is -3.12. The second kappa shape index (κ2) is 11.7. The second-order valence-electron chi connectivity index (χ2n) is 7.86. The molecule has 3 aromatic rings. The maximum Gasteiger partial charge on any atom is 0.248 e. The van der Waals surface area contributed by atoms with E-state index in [0.717, 1.165) is 55.4 Å². The number of halogens is 1. The van der Waals surface area contributed by atoms with Gasteiger partial charge >= 0.3 is 0 Å². The number of morpholine rings is 1. The summed E-state index contributed by atoms with van der Waals surface area (Å²) in [5.41, 5.74) is 3.85. The van der Waals surface area contributed by atoms with Crippen molar-refractivity contribution in [2.45, 2.75) is 13.2 Å². The van der Waals surface area contributed by atoms with Crippen molar-refractivity contribution in [1.82, 2.24) is 4.90 Å². The number of carbonyl (C=O) groups excluding carboxylic acids is 1. The van der Waals surface area contributed by atoms with E-state index in [1.165, 1.54) is 11.6 Å². The molecule has 0 unspecified atom stereocenters. The van der Waals surface area contributed by atoms with Crippen molar-refractivity contribution < 1.29 is 14.3 Å². The van der Waals surface area contributed by atoms with Gasteiger partial charge in [0.05, 0.1) is 13.2 Å². The summed E-state index contributed by atoms with van der Waals surface area (Å²) >= 11 is 6.16. The van der Waals surface area contributed by atoms with Gasteiger partial charge in [-0.2, -0.15) is 0 Å². The third-order valence-corrected chi connectivity index (χ3v) is 5.76. The van der Waals surface area contributed by atoms with Crippen molar-refractivity contribution in [3.05, 3.63) is 101 Å². The van der Waals surface area contributed by atoms with Gasteiger partial charge in [0.1, 0.15) is 12.4 Å². The summed E-state index contributed by atoms with van der Waals surface area (Å²) in [5, 5.41) is 3.59. The fourth-order valence-corrected chi connectivity index (χ4v) is 3.71. The largest absolute Gasteiger partial charge is 0.489 e. The van der Waals surface area contributed by atoms with Gasteiger partial charge in [0, 0.05) is 42.0 Å². The molecule has 3 aromatic carbocycles. The number of amides is 1. The lowest BCUT2D eigenvalue weighted by Gasteiger charge is -2.26. The molecule has 0 radical (unpaired) electrons. The Morgan fingerprint density at radius 2 is 1.73 bits per heavy atom. The van der Waals surface area contributed by atoms with Gasteiger partial charge in [-0.1, -0.05) is 54.1 Å². The van der Waals surface area contributed by atoms with E-state index < -0.39 is 0 Å². The molecule has 0 atom stereocenters. The van der Waals surface area contributed by atoms with Crippen molar-refractivity contribution >= 4 is 29.3 Å². The van der Waals surface area contributed by atoms with Gasteiger partial charge < -0.3 is 14.8 Å². The molecule has 1 amide bonds. The molecule has 0 bridgehead atoms. The van der Waals surface area contributed by atoms with E-state index >= 15 is 0 Å². The van der Waals surface area contributed by atoms with Crippen LogP contribution in [0.15, 0.2) is 78.9 Å². The van der Waals surface area contributed by atoms with Gasteiger partial charge in [-0.25, -0.2) is 0 Å². The van der Waals surface area contributed by atoms with Gasteiger partial charge in [-0.3, -0.25) is 9.69 Å². The molecule has 6 heteroatoms. The van der Waals surface area contributed by atoms with Crippen LogP contribution in [-0.4, -0.2) is 37.1 Å². The first-order valence-corrected chi connectivity index (χ1v) is 11.4. The summed E-state index contributed by atoms with van der Waals surface area (Å²) in [6.07, 6.45) is 3.31. The molecule has 33 heavy (non-hydrogen) atoms. The molecule has 0 aromatic heterocycles. The summed E-state index contributed by atoms with van der Waals surface area (Å²) in [5.74, 6) is 0.573. The average molecular weight is 463 g/mol. The van der Waals surface area contributed by atoms with E-state index in [1.807, 2.05) is 60.7 Å². The van der Waals surface area contributed by atoms with Crippen molar-refractivity contribution in [2.75, 3.05) is 31.6 Å². The fourth-order valence-electron chi connectivity index (χ4n) is 3.52. The number of rotatable bonds is 8. The van der Waals surface area contributed by atoms with Crippen molar-refractivity contribution in [2.24, 2.45) is 0 Å². The molecular weight excluding hydrogens is 436 g/mol. The topological polar surface area (TPSA) is 50.8 Å². The highest BCUT2D eigenvalue weighted by molar-refractivity contribution is 6.31. The first-order valence-electron chi connectivity index (χ1n) is 11.0. The van der Waals surface area contributed by atoms with E-state index in [2.05, 4.69) is 22.3 Å². The van der Waals surface area contributed by atoms with Gasteiger partial charge in [-0.05, 0) is 47.5 Å². The first kappa shape index (κ1) is 23.1. The SMILES string of the molecule is O=C(/C=C/c1ccc(OCc2ccccc2Cl)cc1)Nc1ccc(CN2CCOCC2)cc1. The smallest absolute Gasteiger partial charge is 0.248 e. The molecule has 0 saturated carbocycles. The number of anilines is 1. The lowest BCUT2D eigenvalue weighted by atomic mass is 10.2. The van der Waals surface area contributed by atoms with Crippen molar-refractivity contribution in [1.29, 1.82) is 0 Å². The number of carbonyl (C=O) groups is 1. The maximum absolute atomic E-state index is 12.3. The number of nitrogens with one attached hydrogen (secondary N) is 1. The van der Waals surface area contributed by atoms with Crippen LogP contribution in [0.1, 0.15) is 16.7 Å². The van der Waals surface area contributed by atoms with E-state index in [-0.39, 0.29) is 5.91 Å². The lowest BCUT2D eigenvalue weighted by Crippen LogP contribution is -2.35. The minimum Gasteiger partial charge on any atom is -0.489 e. The van der Waals surface area contributed by atoms with Gasteiger partial charge in [0.25, 0.3) is 0 Å². The van der Waals surface area contributed by atoms with Crippen molar-refractivity contribution in [3.8, 4) is 5.75 Å². The quantitative estimate of drug-likeness (QED) is 0.455. The van der Waals surface area contributed by atoms with E-state index in [0.29, 0.717) is 11.6 Å². The standard InChI is InChI=1S/C27H27ClN2O3/c28-26-4-2-1-3-23(26)20-33-25-12-7-21(8-13-25)9-14-27(31)29-24-10-5-22(6-11-24)19-30-15-17-32-18-16-30/h1-14H,15-20H2,(H,29,31)/b14-9+. The van der Waals surface area contributed by atoms with Crippen molar-refractivity contribution in [3.63, 3.8) is 0 Å². The lowest BCUT2D eigenvalue weighted by molar-refractivity contribution is -0.111. The first-order chi connectivity index (χ1) is 16.2. The summed E-state index contributed by atoms with van der Waals surface area (Å²) in [4.78, 5) is 14.7. The van der Waals surface area contributed by atoms with E-state index in [1.54, 1.807) is 6.08 Å². The van der Waals surface area contributed by atoms with Crippen LogP contribution < -0.4 is 10.1 Å². The molecule has 1 fully saturated rings. The minimum atomic E-state index is -0.171. The molecule has 170 valence electrons. The predicted octanol–water partition coefficient (Wildman–Crippen LogP) is 5.40. The summed E-state index contributed by atoms with van der Waals surface area (Å²) in [7, 11) is 0. The predicted molar refractivity (Wildman–Crippen MR) is 132 cm³/mol. The van der Waals surface area contributed by atoms with Crippen LogP contribution in [0, 0.1) is 0 Å². The third kappa shape index (κ3) is 7.19. The maximum atomic E-state index is 12.3. The second-order valence-corrected chi connectivity index (χ2v) is 8.26. The molecule has 0 aliphatic carbocycles.